The molecule has 22 heavy (non-hydrogen) atoms. The van der Waals surface area contributed by atoms with E-state index >= 15 is 0 Å². The van der Waals surface area contributed by atoms with Crippen molar-refractivity contribution < 1.29 is 19.4 Å². The Balaban J connectivity index is 2.46. The van der Waals surface area contributed by atoms with Crippen molar-refractivity contribution in [3.05, 3.63) is 41.5 Å². The predicted octanol–water partition coefficient (Wildman–Crippen LogP) is 2.09. The lowest BCUT2D eigenvalue weighted by molar-refractivity contribution is -0.157. The van der Waals surface area contributed by atoms with Crippen molar-refractivity contribution >= 4 is 17.5 Å². The van der Waals surface area contributed by atoms with Crippen LogP contribution in [0.25, 0.3) is 5.57 Å². The van der Waals surface area contributed by atoms with Gasteiger partial charge in [-0.15, -0.1) is 0 Å². The van der Waals surface area contributed by atoms with E-state index in [0.717, 1.165) is 5.56 Å². The maximum absolute atomic E-state index is 12.5. The lowest BCUT2D eigenvalue weighted by Gasteiger charge is -2.30. The van der Waals surface area contributed by atoms with Gasteiger partial charge >= 0.3 is 11.9 Å². The third-order valence-corrected chi connectivity index (χ3v) is 3.36. The zero-order valence-electron chi connectivity index (χ0n) is 13.1. The molecule has 5 heteroatoms. The number of carbonyl (C=O) groups excluding carboxylic acids is 1. The van der Waals surface area contributed by atoms with Crippen LogP contribution >= 0.6 is 0 Å². The molecule has 0 bridgehead atoms. The average Bonchev–Trinajstić information content (AvgIpc) is 2.45. The maximum Gasteiger partial charge on any atom is 0.333 e. The second kappa shape index (κ2) is 6.32. The number of hydrogen-bond donors (Lipinski definition) is 2. The Bertz CT molecular complexity index is 599. The lowest BCUT2D eigenvalue weighted by Crippen LogP contribution is -2.41. The van der Waals surface area contributed by atoms with Crippen LogP contribution in [0, 0.1) is 5.92 Å². The van der Waals surface area contributed by atoms with Crippen molar-refractivity contribution in [2.24, 2.45) is 5.92 Å². The van der Waals surface area contributed by atoms with Gasteiger partial charge in [0, 0.05) is 13.1 Å². The van der Waals surface area contributed by atoms with Gasteiger partial charge in [0.2, 0.25) is 0 Å². The highest BCUT2D eigenvalue weighted by Gasteiger charge is 2.35. The Kier molecular flexibility index (Phi) is 4.66. The minimum absolute atomic E-state index is 0.216. The molecule has 0 radical (unpaired) electrons. The molecule has 1 heterocycles. The quantitative estimate of drug-likeness (QED) is 0.836. The number of aliphatic carboxylic acids is 1. The number of ether oxygens (including phenoxy) is 1. The van der Waals surface area contributed by atoms with Crippen LogP contribution in [0.3, 0.4) is 0 Å². The Morgan fingerprint density at radius 2 is 1.86 bits per heavy atom. The van der Waals surface area contributed by atoms with Crippen molar-refractivity contribution in [2.45, 2.75) is 26.4 Å². The number of carboxylic acid groups (broad SMARTS) is 1. The largest absolute Gasteiger partial charge is 0.478 e. The molecule has 0 aliphatic carbocycles. The van der Waals surface area contributed by atoms with Crippen molar-refractivity contribution in [2.75, 3.05) is 13.1 Å². The zero-order valence-corrected chi connectivity index (χ0v) is 13.1. The maximum atomic E-state index is 12.5. The first-order valence-corrected chi connectivity index (χ1v) is 7.25. The van der Waals surface area contributed by atoms with Crippen molar-refractivity contribution in [1.29, 1.82) is 0 Å². The van der Waals surface area contributed by atoms with E-state index in [9.17, 15) is 14.7 Å². The number of carboxylic acids is 1. The summed E-state index contributed by atoms with van der Waals surface area (Å²) in [5.74, 6) is -2.04. The van der Waals surface area contributed by atoms with Gasteiger partial charge in [-0.25, -0.2) is 4.79 Å². The molecular weight excluding hydrogens is 282 g/mol. The molecule has 0 aromatic heterocycles. The first-order valence-electron chi connectivity index (χ1n) is 7.25. The highest BCUT2D eigenvalue weighted by molar-refractivity contribution is 6.02. The molecular formula is C17H21NO4. The molecule has 5 nitrogen and oxygen atoms in total. The van der Waals surface area contributed by atoms with Gasteiger partial charge in [-0.05, 0) is 31.9 Å². The van der Waals surface area contributed by atoms with Gasteiger partial charge in [0.05, 0.1) is 11.5 Å². The SMILES string of the molecule is CC(C)(C)OC(=O)C1CNCC(C(=O)O)=C1c1ccccc1. The van der Waals surface area contributed by atoms with Gasteiger partial charge in [-0.2, -0.15) is 0 Å². The van der Waals surface area contributed by atoms with Crippen molar-refractivity contribution in [1.82, 2.24) is 5.32 Å². The highest BCUT2D eigenvalue weighted by atomic mass is 16.6. The summed E-state index contributed by atoms with van der Waals surface area (Å²) in [6, 6.07) is 9.15. The van der Waals surface area contributed by atoms with Gasteiger partial charge in [0.25, 0.3) is 0 Å². The van der Waals surface area contributed by atoms with E-state index in [1.807, 2.05) is 30.3 Å². The lowest BCUT2D eigenvalue weighted by atomic mass is 9.85. The molecule has 0 saturated carbocycles. The third kappa shape index (κ3) is 3.74. The predicted molar refractivity (Wildman–Crippen MR) is 83.2 cm³/mol. The van der Waals surface area contributed by atoms with Crippen LogP contribution in [-0.2, 0) is 14.3 Å². The second-order valence-electron chi connectivity index (χ2n) is 6.28. The molecule has 0 saturated heterocycles. The average molecular weight is 303 g/mol. The zero-order chi connectivity index (χ0) is 16.3. The molecule has 118 valence electrons. The van der Waals surface area contributed by atoms with E-state index in [1.165, 1.54) is 0 Å². The summed E-state index contributed by atoms with van der Waals surface area (Å²) in [6.45, 7) is 6.00. The smallest absolute Gasteiger partial charge is 0.333 e. The fourth-order valence-electron chi connectivity index (χ4n) is 2.51. The number of esters is 1. The highest BCUT2D eigenvalue weighted by Crippen LogP contribution is 2.31. The van der Waals surface area contributed by atoms with Crippen molar-refractivity contribution in [3.63, 3.8) is 0 Å². The van der Waals surface area contributed by atoms with Gasteiger partial charge < -0.3 is 15.2 Å². The van der Waals surface area contributed by atoms with Gasteiger partial charge in [-0.1, -0.05) is 30.3 Å². The van der Waals surface area contributed by atoms with Gasteiger partial charge in [0.15, 0.2) is 0 Å². The molecule has 1 aromatic rings. The number of benzene rings is 1. The Labute approximate surface area is 130 Å². The Hall–Kier alpha value is -2.14. The third-order valence-electron chi connectivity index (χ3n) is 3.36. The Morgan fingerprint density at radius 1 is 1.23 bits per heavy atom. The molecule has 1 unspecified atom stereocenters. The normalized spacial score (nSPS) is 19.0. The molecule has 1 aliphatic heterocycles. The molecule has 1 aliphatic rings. The summed E-state index contributed by atoms with van der Waals surface area (Å²) >= 11 is 0. The molecule has 2 N–H and O–H groups in total. The van der Waals surface area contributed by atoms with Crippen LogP contribution in [0.4, 0.5) is 0 Å². The summed E-state index contributed by atoms with van der Waals surface area (Å²) in [6.07, 6.45) is 0. The van der Waals surface area contributed by atoms with E-state index in [0.29, 0.717) is 12.1 Å². The van der Waals surface area contributed by atoms with Crippen LogP contribution in [0.15, 0.2) is 35.9 Å². The summed E-state index contributed by atoms with van der Waals surface area (Å²) in [5.41, 5.74) is 0.895. The Morgan fingerprint density at radius 3 is 2.41 bits per heavy atom. The number of hydrogen-bond acceptors (Lipinski definition) is 4. The standard InChI is InChI=1S/C17H21NO4/c1-17(2,3)22-16(21)13-10-18-9-12(15(19)20)14(13)11-7-5-4-6-8-11/h4-8,13,18H,9-10H2,1-3H3,(H,19,20). The summed E-state index contributed by atoms with van der Waals surface area (Å²) in [7, 11) is 0. The molecule has 0 fully saturated rings. The van der Waals surface area contributed by atoms with E-state index in [2.05, 4.69) is 5.32 Å². The minimum atomic E-state index is -1.01. The van der Waals surface area contributed by atoms with Gasteiger partial charge in [0.1, 0.15) is 5.60 Å². The fourth-order valence-corrected chi connectivity index (χ4v) is 2.51. The summed E-state index contributed by atoms with van der Waals surface area (Å²) < 4.78 is 5.45. The van der Waals surface area contributed by atoms with Crippen LogP contribution < -0.4 is 5.32 Å². The molecule has 0 spiro atoms. The summed E-state index contributed by atoms with van der Waals surface area (Å²) in [5, 5.41) is 12.4. The van der Waals surface area contributed by atoms with Gasteiger partial charge in [-0.3, -0.25) is 4.79 Å². The number of rotatable bonds is 3. The first-order chi connectivity index (χ1) is 10.3. The number of nitrogens with one attached hydrogen (secondary N) is 1. The second-order valence-corrected chi connectivity index (χ2v) is 6.28. The topological polar surface area (TPSA) is 75.6 Å². The first kappa shape index (κ1) is 16.2. The molecule has 0 amide bonds. The van der Waals surface area contributed by atoms with E-state index < -0.39 is 23.5 Å². The van der Waals surface area contributed by atoms with Crippen LogP contribution in [0.5, 0.6) is 0 Å². The van der Waals surface area contributed by atoms with Crippen molar-refractivity contribution in [3.8, 4) is 0 Å². The monoisotopic (exact) mass is 303 g/mol. The minimum Gasteiger partial charge on any atom is -0.478 e. The van der Waals surface area contributed by atoms with Crippen LogP contribution in [0.1, 0.15) is 26.3 Å². The van der Waals surface area contributed by atoms with Crippen LogP contribution in [-0.4, -0.2) is 35.7 Å². The van der Waals surface area contributed by atoms with E-state index in [1.54, 1.807) is 20.8 Å². The fraction of sp³-hybridized carbons (Fsp3) is 0.412. The van der Waals surface area contributed by atoms with E-state index in [4.69, 9.17) is 4.74 Å². The molecule has 1 aromatic carbocycles. The van der Waals surface area contributed by atoms with Crippen LogP contribution in [0.2, 0.25) is 0 Å². The molecule has 2 rings (SSSR count). The van der Waals surface area contributed by atoms with E-state index in [-0.39, 0.29) is 12.1 Å². The molecule has 1 atom stereocenters. The summed E-state index contributed by atoms with van der Waals surface area (Å²) in [4.78, 5) is 24.0. The number of carbonyl (C=O) groups is 2.